The molecule has 19 heteroatoms. The van der Waals surface area contributed by atoms with E-state index < -0.39 is 24.2 Å². The summed E-state index contributed by atoms with van der Waals surface area (Å²) in [6, 6.07) is 9.43. The van der Waals surface area contributed by atoms with E-state index >= 15 is 0 Å². The molecule has 3 saturated heterocycles. The number of nitrogens with one attached hydrogen (secondary N) is 2. The number of piperidine rings is 2. The molecular weight excluding hydrogens is 772 g/mol. The van der Waals surface area contributed by atoms with Crippen LogP contribution in [0.5, 0.6) is 0 Å². The normalized spacial score (nSPS) is 24.1. The monoisotopic (exact) mass is 821 g/mol. The Balaban J connectivity index is 0.00000171. The van der Waals surface area contributed by atoms with Crippen molar-refractivity contribution in [3.8, 4) is 0 Å². The third-order valence-corrected chi connectivity index (χ3v) is 11.9. The highest BCUT2D eigenvalue weighted by Gasteiger charge is 2.31. The summed E-state index contributed by atoms with van der Waals surface area (Å²) in [6.07, 6.45) is 6.30. The number of hydrogen-bond donors (Lipinski definition) is 4. The summed E-state index contributed by atoms with van der Waals surface area (Å²) in [7, 11) is 0. The molecule has 1 unspecified atom stereocenters. The first-order valence-electron chi connectivity index (χ1n) is 20.2. The number of hydrogen-bond acceptors (Lipinski definition) is 11. The summed E-state index contributed by atoms with van der Waals surface area (Å²) in [6.45, 7) is 5.07. The molecule has 16 nitrogen and oxygen atoms in total. The predicted molar refractivity (Wildman–Crippen MR) is 212 cm³/mol. The molecule has 6 heterocycles. The van der Waals surface area contributed by atoms with E-state index in [0.29, 0.717) is 31.1 Å². The number of rotatable bonds is 10. The molecule has 1 saturated carbocycles. The standard InChI is InChI=1S/C39H48F3N11O3.CH2O2/c40-26-19-27(43)22-51(21-26)33-12-14-52-37(46-33)31(20-44-52)39(56)45-32-23-53(48-35(32)36(41)42)29-5-1-24(2-6-29)11-13-49-15-17-50(18-16-49)28-7-3-25(4-8-28)30-9-10-34(54)47-38(30)55;2-1-3/h3-4,7-8,12,14,20,23-24,26-27,29-30,36H,1-2,5-6,9-11,13,15-19,21-22,43H2,(H,45,56)(H,47,54,55);1H,(H,2,3)/t24?,26-,27-,29?,30?;/m1./s1. The van der Waals surface area contributed by atoms with Gasteiger partial charge in [-0.15, -0.1) is 0 Å². The molecule has 5 N–H and O–H groups in total. The van der Waals surface area contributed by atoms with Gasteiger partial charge in [-0.05, 0) is 81.2 Å². The lowest BCUT2D eigenvalue weighted by Crippen LogP contribution is -2.48. The van der Waals surface area contributed by atoms with E-state index in [9.17, 15) is 27.6 Å². The number of anilines is 3. The smallest absolute Gasteiger partial charge is 0.290 e. The second-order valence-electron chi connectivity index (χ2n) is 15.8. The van der Waals surface area contributed by atoms with E-state index in [1.807, 2.05) is 12.1 Å². The first-order chi connectivity index (χ1) is 28.5. The van der Waals surface area contributed by atoms with Crippen molar-refractivity contribution in [1.82, 2.24) is 34.6 Å². The number of fused-ring (bicyclic) bond motifs is 1. The average Bonchev–Trinajstić information content (AvgIpc) is 3.85. The Hall–Kier alpha value is -5.56. The van der Waals surface area contributed by atoms with Crippen molar-refractivity contribution in [3.63, 3.8) is 0 Å². The number of aromatic nitrogens is 5. The number of piperazine rings is 1. The van der Waals surface area contributed by atoms with Crippen LogP contribution in [-0.4, -0.2) is 117 Å². The Bertz CT molecular complexity index is 2090. The number of carbonyl (C=O) groups excluding carboxylic acids is 3. The maximum absolute atomic E-state index is 14.2. The van der Waals surface area contributed by atoms with Crippen LogP contribution in [-0.2, 0) is 14.4 Å². The van der Waals surface area contributed by atoms with Gasteiger partial charge in [-0.25, -0.2) is 22.7 Å². The van der Waals surface area contributed by atoms with Gasteiger partial charge in [0.25, 0.3) is 18.8 Å². The van der Waals surface area contributed by atoms with Gasteiger partial charge in [-0.2, -0.15) is 10.2 Å². The summed E-state index contributed by atoms with van der Waals surface area (Å²) in [5, 5.41) is 20.4. The van der Waals surface area contributed by atoms with Gasteiger partial charge in [0.2, 0.25) is 11.8 Å². The zero-order valence-electron chi connectivity index (χ0n) is 32.6. The van der Waals surface area contributed by atoms with Crippen molar-refractivity contribution < 1.29 is 37.5 Å². The number of halogens is 3. The Morgan fingerprint density at radius 1 is 1.02 bits per heavy atom. The third kappa shape index (κ3) is 9.84. The molecule has 0 radical (unpaired) electrons. The molecule has 316 valence electrons. The SMILES string of the molecule is N[C@@H]1C[C@@H](F)CN(c2ccn3ncc(C(=O)Nc4cn(C5CCC(CCN6CCN(c7ccc(C8CCC(=O)NC8=O)cc7)CC6)CC5)nc4C(F)F)c3n2)C1.O=CO. The van der Waals surface area contributed by atoms with Crippen LogP contribution in [0.15, 0.2) is 48.9 Å². The number of nitrogens with two attached hydrogens (primary N) is 1. The fourth-order valence-corrected chi connectivity index (χ4v) is 8.72. The molecule has 4 fully saturated rings. The summed E-state index contributed by atoms with van der Waals surface area (Å²) < 4.78 is 45.7. The second kappa shape index (κ2) is 18.6. The highest BCUT2D eigenvalue weighted by atomic mass is 19.3. The van der Waals surface area contributed by atoms with Crippen LogP contribution in [0.2, 0.25) is 0 Å². The molecule has 1 aromatic carbocycles. The van der Waals surface area contributed by atoms with Crippen molar-refractivity contribution in [2.45, 2.75) is 82.0 Å². The highest BCUT2D eigenvalue weighted by Crippen LogP contribution is 2.36. The van der Waals surface area contributed by atoms with Crippen LogP contribution < -0.4 is 26.2 Å². The number of nitrogens with zero attached hydrogens (tertiary/aromatic N) is 8. The average molecular weight is 822 g/mol. The van der Waals surface area contributed by atoms with Crippen molar-refractivity contribution in [2.24, 2.45) is 11.7 Å². The Morgan fingerprint density at radius 3 is 2.42 bits per heavy atom. The number of amides is 3. The fourth-order valence-electron chi connectivity index (χ4n) is 8.72. The van der Waals surface area contributed by atoms with Crippen LogP contribution in [0.3, 0.4) is 0 Å². The molecule has 1 aliphatic carbocycles. The van der Waals surface area contributed by atoms with Crippen molar-refractivity contribution >= 4 is 47.0 Å². The Morgan fingerprint density at radius 2 is 1.75 bits per heavy atom. The van der Waals surface area contributed by atoms with E-state index in [0.717, 1.165) is 76.1 Å². The Labute approximate surface area is 338 Å². The van der Waals surface area contributed by atoms with Gasteiger partial charge in [-0.3, -0.25) is 34.1 Å². The van der Waals surface area contributed by atoms with E-state index in [1.165, 1.54) is 16.9 Å². The summed E-state index contributed by atoms with van der Waals surface area (Å²) in [5.74, 6) is -0.353. The summed E-state index contributed by atoms with van der Waals surface area (Å²) in [4.78, 5) is 56.8. The van der Waals surface area contributed by atoms with Crippen molar-refractivity contribution in [2.75, 3.05) is 60.9 Å². The van der Waals surface area contributed by atoms with Crippen LogP contribution in [0.1, 0.15) is 91.4 Å². The van der Waals surface area contributed by atoms with Gasteiger partial charge in [0, 0.05) is 63.3 Å². The molecule has 4 aromatic rings. The number of alkyl halides is 3. The fraction of sp³-hybridized carbons (Fsp3) is 0.525. The van der Waals surface area contributed by atoms with E-state index in [2.05, 4.69) is 47.7 Å². The molecular formula is C40H50F3N11O5. The quantitative estimate of drug-likeness (QED) is 0.132. The Kier molecular flexibility index (Phi) is 13.1. The zero-order chi connectivity index (χ0) is 41.6. The maximum atomic E-state index is 14.2. The van der Waals surface area contributed by atoms with Crippen molar-refractivity contribution in [3.05, 3.63) is 65.7 Å². The molecule has 3 amide bonds. The number of carbonyl (C=O) groups is 4. The van der Waals surface area contributed by atoms with Crippen molar-refractivity contribution in [1.29, 1.82) is 0 Å². The van der Waals surface area contributed by atoms with E-state index in [1.54, 1.807) is 21.8 Å². The first kappa shape index (κ1) is 41.6. The number of benzene rings is 1. The van der Waals surface area contributed by atoms with Gasteiger partial charge >= 0.3 is 0 Å². The maximum Gasteiger partial charge on any atom is 0.290 e. The van der Waals surface area contributed by atoms with Gasteiger partial charge in [0.1, 0.15) is 17.6 Å². The zero-order valence-corrected chi connectivity index (χ0v) is 32.6. The first-order valence-corrected chi connectivity index (χ1v) is 20.2. The van der Waals surface area contributed by atoms with Crippen LogP contribution in [0.4, 0.5) is 30.4 Å². The lowest BCUT2D eigenvalue weighted by atomic mass is 9.84. The molecule has 3 aliphatic heterocycles. The van der Waals surface area contributed by atoms with Gasteiger partial charge in [-0.1, -0.05) is 12.1 Å². The van der Waals surface area contributed by atoms with E-state index in [-0.39, 0.29) is 66.2 Å². The molecule has 3 aromatic heterocycles. The molecule has 59 heavy (non-hydrogen) atoms. The minimum absolute atomic E-state index is 0.0456. The lowest BCUT2D eigenvalue weighted by molar-refractivity contribution is -0.134. The predicted octanol–water partition coefficient (Wildman–Crippen LogP) is 4.16. The lowest BCUT2D eigenvalue weighted by Gasteiger charge is -2.37. The number of imide groups is 1. The second-order valence-corrected chi connectivity index (χ2v) is 15.8. The largest absolute Gasteiger partial charge is 0.483 e. The highest BCUT2D eigenvalue weighted by molar-refractivity contribution is 6.08. The van der Waals surface area contributed by atoms with Gasteiger partial charge in [0.05, 0.1) is 30.4 Å². The minimum Gasteiger partial charge on any atom is -0.483 e. The number of carboxylic acid groups (broad SMARTS) is 1. The topological polar surface area (TPSA) is 196 Å². The molecule has 0 bridgehead atoms. The van der Waals surface area contributed by atoms with Crippen LogP contribution >= 0.6 is 0 Å². The third-order valence-electron chi connectivity index (χ3n) is 11.9. The minimum atomic E-state index is -2.88. The molecule has 3 atom stereocenters. The molecule has 8 rings (SSSR count). The van der Waals surface area contributed by atoms with Crippen LogP contribution in [0, 0.1) is 5.92 Å². The van der Waals surface area contributed by atoms with Gasteiger partial charge < -0.3 is 26.0 Å². The van der Waals surface area contributed by atoms with E-state index in [4.69, 9.17) is 15.6 Å². The summed E-state index contributed by atoms with van der Waals surface area (Å²) >= 11 is 0. The summed E-state index contributed by atoms with van der Waals surface area (Å²) in [5.41, 5.74) is 7.88. The van der Waals surface area contributed by atoms with Gasteiger partial charge in [0.15, 0.2) is 11.3 Å². The molecule has 0 spiro atoms. The van der Waals surface area contributed by atoms with Crippen LogP contribution in [0.25, 0.3) is 5.65 Å². The molecule has 4 aliphatic rings.